The zero-order valence-corrected chi connectivity index (χ0v) is 14.9. The van der Waals surface area contributed by atoms with Crippen molar-refractivity contribution in [2.75, 3.05) is 18.4 Å². The highest BCUT2D eigenvalue weighted by atomic mass is 35.5. The molecule has 0 radical (unpaired) electrons. The van der Waals surface area contributed by atoms with Crippen LogP contribution < -0.4 is 15.4 Å². The van der Waals surface area contributed by atoms with Crippen molar-refractivity contribution in [1.29, 1.82) is 0 Å². The molecule has 1 heterocycles. The summed E-state index contributed by atoms with van der Waals surface area (Å²) >= 11 is 5.88. The van der Waals surface area contributed by atoms with Gasteiger partial charge in [0.25, 0.3) is 0 Å². The quantitative estimate of drug-likeness (QED) is 0.826. The van der Waals surface area contributed by atoms with E-state index in [1.54, 1.807) is 24.3 Å². The summed E-state index contributed by atoms with van der Waals surface area (Å²) in [6, 6.07) is 14.6. The maximum absolute atomic E-state index is 12.4. The van der Waals surface area contributed by atoms with Crippen molar-refractivity contribution in [2.45, 2.75) is 6.92 Å². The largest absolute Gasteiger partial charge is 0.455 e. The number of carbonyl (C=O) groups excluding carboxylic acids is 1. The van der Waals surface area contributed by atoms with Gasteiger partial charge in [-0.05, 0) is 55.4 Å². The van der Waals surface area contributed by atoms with Crippen molar-refractivity contribution in [3.8, 4) is 11.5 Å². The van der Waals surface area contributed by atoms with E-state index in [9.17, 15) is 4.79 Å². The molecule has 3 rings (SSSR count). The lowest BCUT2D eigenvalue weighted by molar-refractivity contribution is -0.121. The van der Waals surface area contributed by atoms with Gasteiger partial charge >= 0.3 is 0 Å². The van der Waals surface area contributed by atoms with E-state index in [0.717, 1.165) is 13.1 Å². The number of rotatable bonds is 5. The van der Waals surface area contributed by atoms with Gasteiger partial charge in [0, 0.05) is 10.9 Å². The Morgan fingerprint density at radius 2 is 1.88 bits per heavy atom. The van der Waals surface area contributed by atoms with E-state index in [1.165, 1.54) is 0 Å². The van der Waals surface area contributed by atoms with Crippen LogP contribution in [0.1, 0.15) is 6.92 Å². The zero-order chi connectivity index (χ0) is 16.2. The second kappa shape index (κ2) is 8.38. The van der Waals surface area contributed by atoms with Crippen LogP contribution in [0.4, 0.5) is 5.69 Å². The molecule has 1 fully saturated rings. The van der Waals surface area contributed by atoms with E-state index < -0.39 is 0 Å². The van der Waals surface area contributed by atoms with Gasteiger partial charge in [0.05, 0.1) is 5.69 Å². The minimum Gasteiger partial charge on any atom is -0.455 e. The summed E-state index contributed by atoms with van der Waals surface area (Å²) in [6.07, 6.45) is 0. The number of hydrogen-bond acceptors (Lipinski definition) is 3. The molecule has 128 valence electrons. The molecule has 24 heavy (non-hydrogen) atoms. The van der Waals surface area contributed by atoms with Crippen LogP contribution >= 0.6 is 24.0 Å². The number of ether oxygens (including phenoxy) is 1. The minimum absolute atomic E-state index is 0. The Morgan fingerprint density at radius 3 is 2.50 bits per heavy atom. The first-order valence-corrected chi connectivity index (χ1v) is 8.05. The monoisotopic (exact) mass is 366 g/mol. The Balaban J connectivity index is 0.00000208. The van der Waals surface area contributed by atoms with Gasteiger partial charge in [-0.2, -0.15) is 0 Å². The van der Waals surface area contributed by atoms with Gasteiger partial charge in [-0.15, -0.1) is 12.4 Å². The van der Waals surface area contributed by atoms with Gasteiger partial charge in [-0.25, -0.2) is 0 Å². The van der Waals surface area contributed by atoms with Crippen molar-refractivity contribution in [3.63, 3.8) is 0 Å². The molecule has 0 spiro atoms. The summed E-state index contributed by atoms with van der Waals surface area (Å²) in [4.78, 5) is 12.4. The normalized spacial score (nSPS) is 14.9. The molecule has 6 heteroatoms. The van der Waals surface area contributed by atoms with E-state index in [1.807, 2.05) is 31.2 Å². The van der Waals surface area contributed by atoms with Crippen molar-refractivity contribution in [1.82, 2.24) is 5.32 Å². The summed E-state index contributed by atoms with van der Waals surface area (Å²) in [5.74, 6) is 1.68. The molecule has 1 aliphatic rings. The molecule has 1 saturated heterocycles. The molecule has 1 aliphatic heterocycles. The number of carbonyl (C=O) groups is 1. The summed E-state index contributed by atoms with van der Waals surface area (Å²) in [7, 11) is 0. The third-order valence-corrected chi connectivity index (χ3v) is 4.37. The summed E-state index contributed by atoms with van der Waals surface area (Å²) in [6.45, 7) is 3.76. The fourth-order valence-corrected chi connectivity index (χ4v) is 2.54. The molecular formula is C18H20Cl2N2O2. The lowest BCUT2D eigenvalue weighted by Gasteiger charge is -2.31. The van der Waals surface area contributed by atoms with Crippen LogP contribution in [0, 0.1) is 11.8 Å². The third-order valence-electron chi connectivity index (χ3n) is 4.12. The smallest absolute Gasteiger partial charge is 0.227 e. The molecule has 0 aliphatic carbocycles. The fraction of sp³-hybridized carbons (Fsp3) is 0.278. The Bertz CT molecular complexity index is 688. The zero-order valence-electron chi connectivity index (χ0n) is 13.3. The van der Waals surface area contributed by atoms with Crippen LogP contribution in [0.2, 0.25) is 5.02 Å². The first kappa shape index (κ1) is 18.6. The number of para-hydroxylation sites is 2. The lowest BCUT2D eigenvalue weighted by atomic mass is 9.88. The van der Waals surface area contributed by atoms with Crippen molar-refractivity contribution < 1.29 is 9.53 Å². The van der Waals surface area contributed by atoms with Crippen LogP contribution in [0.15, 0.2) is 48.5 Å². The second-order valence-corrected chi connectivity index (χ2v) is 6.18. The Kier molecular flexibility index (Phi) is 6.49. The van der Waals surface area contributed by atoms with Gasteiger partial charge in [-0.1, -0.05) is 30.7 Å². The van der Waals surface area contributed by atoms with Crippen LogP contribution in [-0.4, -0.2) is 19.0 Å². The minimum atomic E-state index is -0.0279. The van der Waals surface area contributed by atoms with Crippen molar-refractivity contribution >= 4 is 35.6 Å². The molecule has 1 atom stereocenters. The van der Waals surface area contributed by atoms with Crippen molar-refractivity contribution in [3.05, 3.63) is 53.6 Å². The summed E-state index contributed by atoms with van der Waals surface area (Å²) in [5, 5.41) is 6.82. The molecule has 2 aromatic rings. The second-order valence-electron chi connectivity index (χ2n) is 5.75. The molecule has 2 aromatic carbocycles. The van der Waals surface area contributed by atoms with Crippen LogP contribution in [0.25, 0.3) is 0 Å². The highest BCUT2D eigenvalue weighted by Crippen LogP contribution is 2.30. The molecule has 2 N–H and O–H groups in total. The summed E-state index contributed by atoms with van der Waals surface area (Å²) < 4.78 is 5.86. The SMILES string of the molecule is CC(C(=O)Nc1ccccc1Oc1ccc(Cl)cc1)C1CNC1.Cl. The van der Waals surface area contributed by atoms with Gasteiger partial charge in [0.2, 0.25) is 5.91 Å². The van der Waals surface area contributed by atoms with E-state index >= 15 is 0 Å². The predicted octanol–water partition coefficient (Wildman–Crippen LogP) is 4.35. The number of amides is 1. The highest BCUT2D eigenvalue weighted by molar-refractivity contribution is 6.30. The van der Waals surface area contributed by atoms with Gasteiger partial charge in [-0.3, -0.25) is 4.79 Å². The number of hydrogen-bond donors (Lipinski definition) is 2. The number of halogens is 2. The molecule has 0 saturated carbocycles. The third kappa shape index (κ3) is 4.41. The number of anilines is 1. The van der Waals surface area contributed by atoms with E-state index in [-0.39, 0.29) is 24.2 Å². The topological polar surface area (TPSA) is 50.4 Å². The average molecular weight is 367 g/mol. The Morgan fingerprint density at radius 1 is 1.21 bits per heavy atom. The van der Waals surface area contributed by atoms with Crippen molar-refractivity contribution in [2.24, 2.45) is 11.8 Å². The maximum atomic E-state index is 12.4. The van der Waals surface area contributed by atoms with Gasteiger partial charge in [0.1, 0.15) is 5.75 Å². The maximum Gasteiger partial charge on any atom is 0.227 e. The van der Waals surface area contributed by atoms with Gasteiger partial charge < -0.3 is 15.4 Å². The Labute approximate surface area is 153 Å². The highest BCUT2D eigenvalue weighted by Gasteiger charge is 2.29. The first-order chi connectivity index (χ1) is 11.1. The van der Waals surface area contributed by atoms with E-state index in [0.29, 0.717) is 28.1 Å². The molecule has 4 nitrogen and oxygen atoms in total. The van der Waals surface area contributed by atoms with Crippen LogP contribution in [-0.2, 0) is 4.79 Å². The molecule has 0 bridgehead atoms. The van der Waals surface area contributed by atoms with Gasteiger partial charge in [0.15, 0.2) is 5.75 Å². The standard InChI is InChI=1S/C18H19ClN2O2.ClH/c1-12(13-10-20-11-13)18(22)21-16-4-2-3-5-17(16)23-15-8-6-14(19)7-9-15;/h2-9,12-13,20H,10-11H2,1H3,(H,21,22);1H. The number of nitrogens with one attached hydrogen (secondary N) is 2. The average Bonchev–Trinajstić information content (AvgIpc) is 2.49. The molecule has 1 amide bonds. The van der Waals surface area contributed by atoms with Crippen LogP contribution in [0.5, 0.6) is 11.5 Å². The lowest BCUT2D eigenvalue weighted by Crippen LogP contribution is -2.48. The molecule has 1 unspecified atom stereocenters. The van der Waals surface area contributed by atoms with Crippen LogP contribution in [0.3, 0.4) is 0 Å². The predicted molar refractivity (Wildman–Crippen MR) is 99.4 cm³/mol. The fourth-order valence-electron chi connectivity index (χ4n) is 2.41. The van der Waals surface area contributed by atoms with E-state index in [4.69, 9.17) is 16.3 Å². The Hall–Kier alpha value is -1.75. The number of benzene rings is 2. The molecule has 0 aromatic heterocycles. The van der Waals surface area contributed by atoms with E-state index in [2.05, 4.69) is 10.6 Å². The molecular weight excluding hydrogens is 347 g/mol. The first-order valence-electron chi connectivity index (χ1n) is 7.67. The summed E-state index contributed by atoms with van der Waals surface area (Å²) in [5.41, 5.74) is 0.673.